The lowest BCUT2D eigenvalue weighted by Crippen LogP contribution is -2.28. The summed E-state index contributed by atoms with van der Waals surface area (Å²) in [5, 5.41) is 18.0. The number of tetrazole rings is 1. The monoisotopic (exact) mass is 464 g/mol. The van der Waals surface area contributed by atoms with Crippen molar-refractivity contribution in [1.82, 2.24) is 25.5 Å². The molecule has 0 saturated carbocycles. The van der Waals surface area contributed by atoms with Crippen molar-refractivity contribution in [3.05, 3.63) is 94.8 Å². The Labute approximate surface area is 193 Å². The van der Waals surface area contributed by atoms with Gasteiger partial charge in [-0.2, -0.15) is 4.80 Å². The summed E-state index contributed by atoms with van der Waals surface area (Å²) in [4.78, 5) is 25.7. The number of rotatable bonds is 7. The maximum Gasteiger partial charge on any atom is 0.257 e. The van der Waals surface area contributed by atoms with Gasteiger partial charge in [-0.05, 0) is 59.3 Å². The third kappa shape index (κ3) is 5.78. The second-order valence-corrected chi connectivity index (χ2v) is 7.47. The molecule has 0 aliphatic heterocycles. The minimum atomic E-state index is -0.333. The van der Waals surface area contributed by atoms with Crippen molar-refractivity contribution in [3.63, 3.8) is 0 Å². The summed E-state index contributed by atoms with van der Waals surface area (Å²) in [6, 6.07) is 19.5. The number of anilines is 1. The molecule has 4 rings (SSSR count). The molecule has 0 spiro atoms. The molecule has 10 heteroatoms. The Hall–Kier alpha value is -4.11. The van der Waals surface area contributed by atoms with Crippen LogP contribution < -0.4 is 10.6 Å². The first-order valence-electron chi connectivity index (χ1n) is 9.93. The molecule has 0 saturated heterocycles. The number of benzene rings is 3. The van der Waals surface area contributed by atoms with Gasteiger partial charge in [-0.1, -0.05) is 35.9 Å². The maximum absolute atomic E-state index is 12.9. The molecule has 0 aliphatic carbocycles. The number of carbonyl (C=O) groups excluding carboxylic acids is 2. The molecule has 1 heterocycles. The Morgan fingerprint density at radius 1 is 0.970 bits per heavy atom. The van der Waals surface area contributed by atoms with Crippen molar-refractivity contribution in [2.75, 3.05) is 5.32 Å². The van der Waals surface area contributed by atoms with Gasteiger partial charge in [-0.25, -0.2) is 4.39 Å². The van der Waals surface area contributed by atoms with Crippen LogP contribution in [0.2, 0.25) is 5.02 Å². The van der Waals surface area contributed by atoms with Gasteiger partial charge in [0.05, 0.1) is 10.6 Å². The molecular weight excluding hydrogens is 447 g/mol. The van der Waals surface area contributed by atoms with E-state index in [2.05, 4.69) is 26.0 Å². The molecule has 0 bridgehead atoms. The Kier molecular flexibility index (Phi) is 6.70. The summed E-state index contributed by atoms with van der Waals surface area (Å²) in [5.41, 5.74) is 2.41. The van der Waals surface area contributed by atoms with Crippen LogP contribution in [0.4, 0.5) is 10.1 Å². The molecule has 1 aromatic heterocycles. The summed E-state index contributed by atoms with van der Waals surface area (Å²) in [6.07, 6.45) is 0. The first kappa shape index (κ1) is 22.1. The van der Waals surface area contributed by atoms with Gasteiger partial charge in [0.15, 0.2) is 0 Å². The first-order chi connectivity index (χ1) is 16.0. The van der Waals surface area contributed by atoms with Crippen LogP contribution in [-0.2, 0) is 17.9 Å². The topological polar surface area (TPSA) is 102 Å². The summed E-state index contributed by atoms with van der Waals surface area (Å²) >= 11 is 6.06. The average Bonchev–Trinajstić information content (AvgIpc) is 3.28. The number of nitrogens with one attached hydrogen (secondary N) is 2. The van der Waals surface area contributed by atoms with E-state index < -0.39 is 0 Å². The minimum Gasteiger partial charge on any atom is -0.350 e. The van der Waals surface area contributed by atoms with Crippen LogP contribution in [0.25, 0.3) is 11.4 Å². The van der Waals surface area contributed by atoms with Gasteiger partial charge < -0.3 is 10.6 Å². The number of halogens is 2. The summed E-state index contributed by atoms with van der Waals surface area (Å²) in [7, 11) is 0. The highest BCUT2D eigenvalue weighted by Crippen LogP contribution is 2.20. The number of amides is 2. The number of aromatic nitrogens is 4. The largest absolute Gasteiger partial charge is 0.350 e. The Balaban J connectivity index is 1.33. The third-order valence-electron chi connectivity index (χ3n) is 4.66. The highest BCUT2D eigenvalue weighted by atomic mass is 35.5. The number of hydrogen-bond acceptors (Lipinski definition) is 5. The zero-order valence-corrected chi connectivity index (χ0v) is 18.0. The second kappa shape index (κ2) is 10.0. The summed E-state index contributed by atoms with van der Waals surface area (Å²) in [5.74, 6) is -0.615. The van der Waals surface area contributed by atoms with Crippen molar-refractivity contribution < 1.29 is 14.0 Å². The molecule has 0 radical (unpaired) electrons. The number of nitrogens with zero attached hydrogens (tertiary/aromatic N) is 4. The van der Waals surface area contributed by atoms with Crippen LogP contribution in [0.15, 0.2) is 72.8 Å². The molecule has 3 aromatic carbocycles. The van der Waals surface area contributed by atoms with Crippen LogP contribution in [0.5, 0.6) is 0 Å². The van der Waals surface area contributed by atoms with Crippen molar-refractivity contribution in [2.24, 2.45) is 0 Å². The molecule has 0 atom stereocenters. The van der Waals surface area contributed by atoms with Crippen molar-refractivity contribution in [2.45, 2.75) is 13.1 Å². The van der Waals surface area contributed by atoms with Crippen LogP contribution in [0, 0.1) is 5.82 Å². The molecular formula is C23H18ClFN6O2. The van der Waals surface area contributed by atoms with Gasteiger partial charge in [0, 0.05) is 17.8 Å². The highest BCUT2D eigenvalue weighted by molar-refractivity contribution is 6.34. The van der Waals surface area contributed by atoms with Crippen molar-refractivity contribution >= 4 is 29.1 Å². The van der Waals surface area contributed by atoms with Gasteiger partial charge in [-0.3, -0.25) is 9.59 Å². The van der Waals surface area contributed by atoms with Gasteiger partial charge in [0.1, 0.15) is 12.4 Å². The van der Waals surface area contributed by atoms with Gasteiger partial charge >= 0.3 is 0 Å². The van der Waals surface area contributed by atoms with Gasteiger partial charge in [0.2, 0.25) is 11.7 Å². The van der Waals surface area contributed by atoms with E-state index in [1.165, 1.54) is 16.9 Å². The fraction of sp³-hybridized carbons (Fsp3) is 0.0870. The second-order valence-electron chi connectivity index (χ2n) is 7.06. The van der Waals surface area contributed by atoms with E-state index in [9.17, 15) is 14.0 Å². The Bertz CT molecular complexity index is 1270. The molecule has 2 amide bonds. The predicted molar refractivity (Wildman–Crippen MR) is 121 cm³/mol. The van der Waals surface area contributed by atoms with Crippen LogP contribution in [-0.4, -0.2) is 32.0 Å². The van der Waals surface area contributed by atoms with Gasteiger partial charge in [-0.15, -0.1) is 10.2 Å². The fourth-order valence-electron chi connectivity index (χ4n) is 2.96. The normalized spacial score (nSPS) is 10.6. The first-order valence-corrected chi connectivity index (χ1v) is 10.3. The predicted octanol–water partition coefficient (Wildman–Crippen LogP) is 3.70. The molecule has 4 aromatic rings. The molecule has 166 valence electrons. The molecule has 0 unspecified atom stereocenters. The van der Waals surface area contributed by atoms with Crippen molar-refractivity contribution in [1.29, 1.82) is 0 Å². The average molecular weight is 465 g/mol. The molecule has 2 N–H and O–H groups in total. The summed E-state index contributed by atoms with van der Waals surface area (Å²) in [6.45, 7) is 0.155. The van der Waals surface area contributed by atoms with E-state index in [-0.39, 0.29) is 30.7 Å². The summed E-state index contributed by atoms with van der Waals surface area (Å²) < 4.78 is 12.9. The zero-order valence-electron chi connectivity index (χ0n) is 17.2. The van der Waals surface area contributed by atoms with E-state index >= 15 is 0 Å². The lowest BCUT2D eigenvalue weighted by molar-refractivity contribution is -0.122. The molecule has 0 fully saturated rings. The zero-order chi connectivity index (χ0) is 23.2. The van der Waals surface area contributed by atoms with Crippen LogP contribution >= 0.6 is 11.6 Å². The van der Waals surface area contributed by atoms with Crippen LogP contribution in [0.1, 0.15) is 15.9 Å². The lowest BCUT2D eigenvalue weighted by Gasteiger charge is -2.07. The third-order valence-corrected chi connectivity index (χ3v) is 4.99. The van der Waals surface area contributed by atoms with E-state index in [4.69, 9.17) is 11.6 Å². The van der Waals surface area contributed by atoms with Crippen LogP contribution in [0.3, 0.4) is 0 Å². The smallest absolute Gasteiger partial charge is 0.257 e. The standard InChI is InChI=1S/C23H18ClFN6O2/c24-20-4-2-1-3-19(20)23(33)27-18-11-7-16(8-12-18)22-28-30-31(29-22)14-21(32)26-13-15-5-9-17(25)10-6-15/h1-12H,13-14H2,(H,26,32)(H,27,33). The SMILES string of the molecule is O=C(Cn1nnc(-c2ccc(NC(=O)c3ccccc3Cl)cc2)n1)NCc1ccc(F)cc1. The molecule has 8 nitrogen and oxygen atoms in total. The quantitative estimate of drug-likeness (QED) is 0.434. The Morgan fingerprint density at radius 3 is 2.42 bits per heavy atom. The molecule has 0 aliphatic rings. The maximum atomic E-state index is 12.9. The minimum absolute atomic E-state index is 0.111. The molecule has 33 heavy (non-hydrogen) atoms. The number of carbonyl (C=O) groups is 2. The number of hydrogen-bond donors (Lipinski definition) is 2. The van der Waals surface area contributed by atoms with Gasteiger partial charge in [0.25, 0.3) is 5.91 Å². The van der Waals surface area contributed by atoms with E-state index in [1.807, 2.05) is 0 Å². The van der Waals surface area contributed by atoms with E-state index in [1.54, 1.807) is 60.7 Å². The lowest BCUT2D eigenvalue weighted by atomic mass is 10.1. The van der Waals surface area contributed by atoms with E-state index in [0.29, 0.717) is 27.7 Å². The van der Waals surface area contributed by atoms with E-state index in [0.717, 1.165) is 5.56 Å². The Morgan fingerprint density at radius 2 is 1.70 bits per heavy atom. The fourth-order valence-corrected chi connectivity index (χ4v) is 3.18. The highest BCUT2D eigenvalue weighted by Gasteiger charge is 2.12. The van der Waals surface area contributed by atoms with Crippen molar-refractivity contribution in [3.8, 4) is 11.4 Å².